The van der Waals surface area contributed by atoms with Crippen LogP contribution in [0.15, 0.2) is 24.4 Å². The molecule has 0 saturated carbocycles. The van der Waals surface area contributed by atoms with Crippen molar-refractivity contribution in [3.05, 3.63) is 35.9 Å². The molecular formula is C18H20FN5OS. The fourth-order valence-corrected chi connectivity index (χ4v) is 3.76. The minimum Gasteiger partial charge on any atom is -0.381 e. The minimum atomic E-state index is 0.174. The lowest BCUT2D eigenvalue weighted by Crippen LogP contribution is -2.28. The second-order valence-electron chi connectivity index (χ2n) is 6.49. The van der Waals surface area contributed by atoms with E-state index in [1.54, 1.807) is 10.2 Å². The Bertz CT molecular complexity index is 918. The number of pyridine rings is 1. The molecule has 0 aliphatic carbocycles. The summed E-state index contributed by atoms with van der Waals surface area (Å²) in [7, 11) is 0. The van der Waals surface area contributed by atoms with Gasteiger partial charge < -0.3 is 10.1 Å². The summed E-state index contributed by atoms with van der Waals surface area (Å²) >= 11 is 0.174. The third-order valence-electron chi connectivity index (χ3n) is 4.51. The van der Waals surface area contributed by atoms with Crippen molar-refractivity contribution in [3.63, 3.8) is 0 Å². The maximum Gasteiger partial charge on any atom is 0.170 e. The van der Waals surface area contributed by atoms with Crippen LogP contribution in [0.1, 0.15) is 24.4 Å². The predicted molar refractivity (Wildman–Crippen MR) is 102 cm³/mol. The number of fused-ring (bicyclic) bond motifs is 1. The summed E-state index contributed by atoms with van der Waals surface area (Å²) in [5.41, 5.74) is 3.03. The quantitative estimate of drug-likeness (QED) is 0.743. The first-order valence-electron chi connectivity index (χ1n) is 8.61. The van der Waals surface area contributed by atoms with Gasteiger partial charge in [0, 0.05) is 42.6 Å². The molecule has 4 heterocycles. The lowest BCUT2D eigenvalue weighted by Gasteiger charge is -2.23. The van der Waals surface area contributed by atoms with E-state index in [9.17, 15) is 3.89 Å². The van der Waals surface area contributed by atoms with E-state index in [0.717, 1.165) is 48.5 Å². The zero-order valence-electron chi connectivity index (χ0n) is 14.7. The molecule has 3 aromatic heterocycles. The van der Waals surface area contributed by atoms with Gasteiger partial charge in [-0.1, -0.05) is 0 Å². The topological polar surface area (TPSA) is 64.9 Å². The average Bonchev–Trinajstić information content (AvgIpc) is 3.00. The molecule has 8 heteroatoms. The van der Waals surface area contributed by atoms with E-state index in [4.69, 9.17) is 4.74 Å². The molecule has 1 N–H and O–H groups in total. The van der Waals surface area contributed by atoms with E-state index in [-0.39, 0.29) is 12.3 Å². The smallest absolute Gasteiger partial charge is 0.170 e. The Kier molecular flexibility index (Phi) is 4.78. The van der Waals surface area contributed by atoms with Crippen molar-refractivity contribution in [2.75, 3.05) is 18.5 Å². The SMILES string of the molecule is Cc1cc(-c2cc3cnc(NC4CCOCC4)cc3n2SF)nc(C)n1. The van der Waals surface area contributed by atoms with E-state index in [2.05, 4.69) is 20.3 Å². The summed E-state index contributed by atoms with van der Waals surface area (Å²) in [5, 5.41) is 4.30. The largest absolute Gasteiger partial charge is 0.381 e. The number of rotatable bonds is 4. The molecule has 1 aliphatic rings. The Morgan fingerprint density at radius 3 is 2.73 bits per heavy atom. The highest BCUT2D eigenvalue weighted by Gasteiger charge is 2.17. The van der Waals surface area contributed by atoms with Gasteiger partial charge in [-0.15, -0.1) is 3.89 Å². The second-order valence-corrected chi connectivity index (χ2v) is 7.00. The van der Waals surface area contributed by atoms with Crippen molar-refractivity contribution in [3.8, 4) is 11.4 Å². The summed E-state index contributed by atoms with van der Waals surface area (Å²) in [6, 6.07) is 6.00. The van der Waals surface area contributed by atoms with Gasteiger partial charge in [-0.2, -0.15) is 0 Å². The van der Waals surface area contributed by atoms with Crippen molar-refractivity contribution in [1.29, 1.82) is 0 Å². The average molecular weight is 373 g/mol. The Hall–Kier alpha value is -2.19. The van der Waals surface area contributed by atoms with Crippen molar-refractivity contribution in [2.45, 2.75) is 32.7 Å². The highest BCUT2D eigenvalue weighted by molar-refractivity contribution is 7.93. The van der Waals surface area contributed by atoms with Gasteiger partial charge in [-0.3, -0.25) is 3.97 Å². The Morgan fingerprint density at radius 2 is 2.00 bits per heavy atom. The molecule has 0 bridgehead atoms. The molecule has 1 aliphatic heterocycles. The molecule has 3 aromatic rings. The van der Waals surface area contributed by atoms with Crippen molar-refractivity contribution in [1.82, 2.24) is 18.9 Å². The maximum absolute atomic E-state index is 13.8. The van der Waals surface area contributed by atoms with Crippen LogP contribution >= 0.6 is 12.3 Å². The molecule has 26 heavy (non-hydrogen) atoms. The Labute approximate surface area is 155 Å². The van der Waals surface area contributed by atoms with Gasteiger partial charge >= 0.3 is 0 Å². The van der Waals surface area contributed by atoms with Crippen LogP contribution in [0.2, 0.25) is 0 Å². The molecule has 1 fully saturated rings. The Morgan fingerprint density at radius 1 is 1.19 bits per heavy atom. The molecule has 1 saturated heterocycles. The Balaban J connectivity index is 1.73. The number of halogens is 1. The molecule has 0 atom stereocenters. The minimum absolute atomic E-state index is 0.174. The number of nitrogens with one attached hydrogen (secondary N) is 1. The number of aromatic nitrogens is 4. The molecule has 4 rings (SSSR count). The van der Waals surface area contributed by atoms with Crippen LogP contribution < -0.4 is 5.32 Å². The molecule has 0 radical (unpaired) electrons. The summed E-state index contributed by atoms with van der Waals surface area (Å²) < 4.78 is 20.7. The molecule has 6 nitrogen and oxygen atoms in total. The first kappa shape index (κ1) is 17.2. The van der Waals surface area contributed by atoms with Gasteiger partial charge in [-0.25, -0.2) is 15.0 Å². The van der Waals surface area contributed by atoms with E-state index in [1.807, 2.05) is 32.0 Å². The molecule has 0 amide bonds. The van der Waals surface area contributed by atoms with E-state index < -0.39 is 0 Å². The lowest BCUT2D eigenvalue weighted by molar-refractivity contribution is 0.0904. The van der Waals surface area contributed by atoms with E-state index in [0.29, 0.717) is 23.3 Å². The van der Waals surface area contributed by atoms with Crippen LogP contribution in [0, 0.1) is 13.8 Å². The first-order valence-corrected chi connectivity index (χ1v) is 9.29. The summed E-state index contributed by atoms with van der Waals surface area (Å²) in [5.74, 6) is 1.42. The maximum atomic E-state index is 13.8. The summed E-state index contributed by atoms with van der Waals surface area (Å²) in [6.45, 7) is 5.26. The molecule has 0 aromatic carbocycles. The predicted octanol–water partition coefficient (Wildman–Crippen LogP) is 4.08. The number of hydrogen-bond acceptors (Lipinski definition) is 6. The summed E-state index contributed by atoms with van der Waals surface area (Å²) in [6.07, 6.45) is 3.67. The van der Waals surface area contributed by atoms with Gasteiger partial charge in [0.2, 0.25) is 0 Å². The third kappa shape index (κ3) is 3.39. The number of anilines is 1. The van der Waals surface area contributed by atoms with Crippen LogP contribution in [0.4, 0.5) is 9.70 Å². The third-order valence-corrected chi connectivity index (χ3v) is 5.04. The van der Waals surface area contributed by atoms with Gasteiger partial charge in [0.1, 0.15) is 11.6 Å². The lowest BCUT2D eigenvalue weighted by atomic mass is 10.1. The normalized spacial score (nSPS) is 15.5. The van der Waals surface area contributed by atoms with Crippen LogP contribution in [-0.2, 0) is 4.74 Å². The number of nitrogens with zero attached hydrogens (tertiary/aromatic N) is 4. The van der Waals surface area contributed by atoms with Gasteiger partial charge in [0.05, 0.1) is 16.9 Å². The van der Waals surface area contributed by atoms with E-state index in [1.165, 1.54) is 0 Å². The molecule has 136 valence electrons. The fraction of sp³-hybridized carbons (Fsp3) is 0.389. The van der Waals surface area contributed by atoms with Gasteiger partial charge in [0.25, 0.3) is 0 Å². The molecule has 0 spiro atoms. The summed E-state index contributed by atoms with van der Waals surface area (Å²) in [4.78, 5) is 13.2. The molecule has 0 unspecified atom stereocenters. The number of aryl methyl sites for hydroxylation is 2. The van der Waals surface area contributed by atoms with Gasteiger partial charge in [0.15, 0.2) is 12.3 Å². The van der Waals surface area contributed by atoms with Crippen molar-refractivity contribution >= 4 is 29.1 Å². The first-order chi connectivity index (χ1) is 12.6. The monoisotopic (exact) mass is 373 g/mol. The van der Waals surface area contributed by atoms with Crippen LogP contribution in [0.3, 0.4) is 0 Å². The highest BCUT2D eigenvalue weighted by atomic mass is 32.2. The zero-order chi connectivity index (χ0) is 18.1. The van der Waals surface area contributed by atoms with Crippen LogP contribution in [0.5, 0.6) is 0 Å². The van der Waals surface area contributed by atoms with Gasteiger partial charge in [-0.05, 0) is 38.8 Å². The van der Waals surface area contributed by atoms with E-state index >= 15 is 0 Å². The standard InChI is InChI=1S/C18H20FN5OS/c1-11-7-15(22-12(2)21-11)17-8-13-10-20-18(9-16(13)24(17)26-19)23-14-3-5-25-6-4-14/h7-10,14H,3-6H2,1-2H3,(H,20,23). The number of ether oxygens (including phenoxy) is 1. The van der Waals surface area contributed by atoms with Crippen LogP contribution in [0.25, 0.3) is 22.3 Å². The van der Waals surface area contributed by atoms with Crippen LogP contribution in [-0.4, -0.2) is 38.2 Å². The number of hydrogen-bond donors (Lipinski definition) is 1. The van der Waals surface area contributed by atoms with Crippen molar-refractivity contribution < 1.29 is 8.62 Å². The second kappa shape index (κ2) is 7.20. The highest BCUT2D eigenvalue weighted by Crippen LogP contribution is 2.33. The zero-order valence-corrected chi connectivity index (χ0v) is 15.5. The molecular weight excluding hydrogens is 353 g/mol. The fourth-order valence-electron chi connectivity index (χ4n) is 3.31. The van der Waals surface area contributed by atoms with Crippen molar-refractivity contribution in [2.24, 2.45) is 0 Å².